The molecule has 0 saturated heterocycles. The SMILES string of the molecule is Cn1cc(I)c(C(O)/C(=C/NCC2CC2)C(=N)Cl)n1. The predicted molar refractivity (Wildman–Crippen MR) is 83.3 cm³/mol. The third-order valence-corrected chi connectivity index (χ3v) is 4.03. The van der Waals surface area contributed by atoms with Crippen LogP contribution in [0.15, 0.2) is 18.0 Å². The fourth-order valence-electron chi connectivity index (χ4n) is 1.73. The molecule has 0 spiro atoms. The van der Waals surface area contributed by atoms with Crippen LogP contribution in [0.4, 0.5) is 0 Å². The van der Waals surface area contributed by atoms with Crippen molar-refractivity contribution in [3.63, 3.8) is 0 Å². The monoisotopic (exact) mass is 394 g/mol. The summed E-state index contributed by atoms with van der Waals surface area (Å²) in [5.41, 5.74) is 0.868. The fraction of sp³-hybridized carbons (Fsp3) is 0.500. The number of aliphatic hydroxyl groups excluding tert-OH is 1. The lowest BCUT2D eigenvalue weighted by molar-refractivity contribution is 0.214. The van der Waals surface area contributed by atoms with Crippen molar-refractivity contribution in [2.24, 2.45) is 13.0 Å². The van der Waals surface area contributed by atoms with E-state index >= 15 is 0 Å². The van der Waals surface area contributed by atoms with Gasteiger partial charge in [0, 0.05) is 31.6 Å². The van der Waals surface area contributed by atoms with E-state index < -0.39 is 6.10 Å². The van der Waals surface area contributed by atoms with Crippen LogP contribution in [0.1, 0.15) is 24.6 Å². The second kappa shape index (κ2) is 6.23. The van der Waals surface area contributed by atoms with Gasteiger partial charge in [-0.2, -0.15) is 5.10 Å². The largest absolute Gasteiger partial charge is 0.390 e. The van der Waals surface area contributed by atoms with E-state index in [1.165, 1.54) is 12.8 Å². The summed E-state index contributed by atoms with van der Waals surface area (Å²) in [5.74, 6) is 0.717. The molecular formula is C12H16ClIN4O. The highest BCUT2D eigenvalue weighted by Gasteiger charge is 2.23. The van der Waals surface area contributed by atoms with Crippen molar-refractivity contribution in [3.8, 4) is 0 Å². The molecule has 1 aromatic heterocycles. The van der Waals surface area contributed by atoms with E-state index in [0.29, 0.717) is 17.2 Å². The zero-order chi connectivity index (χ0) is 14.0. The summed E-state index contributed by atoms with van der Waals surface area (Å²) in [6.07, 6.45) is 4.95. The van der Waals surface area contributed by atoms with Crippen molar-refractivity contribution in [3.05, 3.63) is 27.2 Å². The highest BCUT2D eigenvalue weighted by Crippen LogP contribution is 2.28. The van der Waals surface area contributed by atoms with E-state index in [0.717, 1.165) is 10.1 Å². The quantitative estimate of drug-likeness (QED) is 0.511. The van der Waals surface area contributed by atoms with Crippen molar-refractivity contribution in [1.29, 1.82) is 5.41 Å². The Morgan fingerprint density at radius 1 is 1.79 bits per heavy atom. The van der Waals surface area contributed by atoms with E-state index in [1.54, 1.807) is 17.9 Å². The van der Waals surface area contributed by atoms with Crippen molar-refractivity contribution in [2.45, 2.75) is 18.9 Å². The Labute approximate surface area is 130 Å². The molecule has 104 valence electrons. The molecule has 2 rings (SSSR count). The highest BCUT2D eigenvalue weighted by molar-refractivity contribution is 14.1. The van der Waals surface area contributed by atoms with Crippen molar-refractivity contribution in [2.75, 3.05) is 6.54 Å². The highest BCUT2D eigenvalue weighted by atomic mass is 127. The third kappa shape index (κ3) is 3.93. The molecule has 1 fully saturated rings. The van der Waals surface area contributed by atoms with E-state index in [9.17, 15) is 5.11 Å². The molecule has 0 bridgehead atoms. The normalized spacial score (nSPS) is 17.4. The molecule has 1 unspecified atom stereocenters. The topological polar surface area (TPSA) is 73.9 Å². The summed E-state index contributed by atoms with van der Waals surface area (Å²) in [5, 5.41) is 25.0. The maximum atomic E-state index is 10.3. The number of rotatable bonds is 6. The molecule has 1 atom stereocenters. The van der Waals surface area contributed by atoms with Crippen LogP contribution in [0, 0.1) is 14.9 Å². The standard InChI is InChI=1S/C12H16ClIN4O/c1-18-6-9(14)10(17-18)11(19)8(12(13)15)5-16-4-7-2-3-7/h5-7,11,15-16,19H,2-4H2,1H3/b8-5-,15-12?. The molecule has 1 heterocycles. The molecule has 5 nitrogen and oxygen atoms in total. The molecule has 1 saturated carbocycles. The number of halogens is 2. The van der Waals surface area contributed by atoms with Gasteiger partial charge in [0.05, 0.1) is 3.57 Å². The summed E-state index contributed by atoms with van der Waals surface area (Å²) >= 11 is 7.86. The summed E-state index contributed by atoms with van der Waals surface area (Å²) in [6.45, 7) is 0.861. The molecule has 0 amide bonds. The summed E-state index contributed by atoms with van der Waals surface area (Å²) in [4.78, 5) is 0. The van der Waals surface area contributed by atoms with Gasteiger partial charge in [0.15, 0.2) is 0 Å². The fourth-order valence-corrected chi connectivity index (χ4v) is 2.69. The van der Waals surface area contributed by atoms with Crippen molar-refractivity contribution < 1.29 is 5.11 Å². The van der Waals surface area contributed by atoms with Gasteiger partial charge in [0.1, 0.15) is 17.0 Å². The first-order chi connectivity index (χ1) is 8.99. The minimum atomic E-state index is -0.982. The van der Waals surface area contributed by atoms with Crippen LogP contribution in [-0.2, 0) is 7.05 Å². The van der Waals surface area contributed by atoms with Crippen LogP contribution in [0.25, 0.3) is 0 Å². The molecule has 3 N–H and O–H groups in total. The molecule has 1 aromatic rings. The van der Waals surface area contributed by atoms with Crippen LogP contribution in [0.3, 0.4) is 0 Å². The Morgan fingerprint density at radius 2 is 2.47 bits per heavy atom. The van der Waals surface area contributed by atoms with Gasteiger partial charge in [-0.05, 0) is 41.4 Å². The summed E-state index contributed by atoms with van der Waals surface area (Å²) in [6, 6.07) is 0. The summed E-state index contributed by atoms with van der Waals surface area (Å²) < 4.78 is 2.48. The Bertz CT molecular complexity index is 510. The third-order valence-electron chi connectivity index (χ3n) is 2.98. The second-order valence-electron chi connectivity index (χ2n) is 4.70. The van der Waals surface area contributed by atoms with Crippen LogP contribution in [-0.4, -0.2) is 26.6 Å². The van der Waals surface area contributed by atoms with Gasteiger partial charge in [-0.1, -0.05) is 11.6 Å². The Hall–Kier alpha value is -0.600. The van der Waals surface area contributed by atoms with E-state index in [-0.39, 0.29) is 5.17 Å². The first-order valence-corrected chi connectivity index (χ1v) is 7.49. The number of aryl methyl sites for hydroxylation is 1. The van der Waals surface area contributed by atoms with Crippen molar-refractivity contribution in [1.82, 2.24) is 15.1 Å². The van der Waals surface area contributed by atoms with Gasteiger partial charge in [-0.15, -0.1) is 0 Å². The van der Waals surface area contributed by atoms with Gasteiger partial charge in [0.25, 0.3) is 0 Å². The van der Waals surface area contributed by atoms with Crippen LogP contribution in [0.2, 0.25) is 0 Å². The molecule has 0 aromatic carbocycles. The minimum absolute atomic E-state index is 0.169. The minimum Gasteiger partial charge on any atom is -0.390 e. The van der Waals surface area contributed by atoms with Gasteiger partial charge in [-0.3, -0.25) is 10.1 Å². The maximum Gasteiger partial charge on any atom is 0.128 e. The molecule has 19 heavy (non-hydrogen) atoms. The Morgan fingerprint density at radius 3 is 2.95 bits per heavy atom. The molecule has 7 heteroatoms. The van der Waals surface area contributed by atoms with Gasteiger partial charge < -0.3 is 10.4 Å². The lowest BCUT2D eigenvalue weighted by atomic mass is 10.1. The Kier molecular flexibility index (Phi) is 4.86. The van der Waals surface area contributed by atoms with Crippen LogP contribution >= 0.6 is 34.2 Å². The molecule has 1 aliphatic rings. The maximum absolute atomic E-state index is 10.3. The number of nitrogens with one attached hydrogen (secondary N) is 2. The number of nitrogens with zero attached hydrogens (tertiary/aromatic N) is 2. The predicted octanol–water partition coefficient (Wildman–Crippen LogP) is 2.16. The number of hydrogen-bond acceptors (Lipinski definition) is 4. The lowest BCUT2D eigenvalue weighted by Crippen LogP contribution is -2.16. The first-order valence-electron chi connectivity index (χ1n) is 6.04. The zero-order valence-corrected chi connectivity index (χ0v) is 13.4. The average Bonchev–Trinajstić information content (AvgIpc) is 3.08. The molecule has 1 aliphatic carbocycles. The molecule has 0 aliphatic heterocycles. The number of aromatic nitrogens is 2. The smallest absolute Gasteiger partial charge is 0.128 e. The number of aliphatic hydroxyl groups is 1. The van der Waals surface area contributed by atoms with Crippen LogP contribution < -0.4 is 5.32 Å². The van der Waals surface area contributed by atoms with E-state index in [1.807, 2.05) is 6.20 Å². The second-order valence-corrected chi connectivity index (χ2v) is 6.24. The first kappa shape index (κ1) is 14.8. The average molecular weight is 395 g/mol. The molecular weight excluding hydrogens is 379 g/mol. The molecule has 0 radical (unpaired) electrons. The Balaban J connectivity index is 2.12. The summed E-state index contributed by atoms with van der Waals surface area (Å²) in [7, 11) is 1.79. The zero-order valence-electron chi connectivity index (χ0n) is 10.5. The van der Waals surface area contributed by atoms with E-state index in [2.05, 4.69) is 33.0 Å². The van der Waals surface area contributed by atoms with Gasteiger partial charge in [-0.25, -0.2) is 0 Å². The van der Waals surface area contributed by atoms with Crippen LogP contribution in [0.5, 0.6) is 0 Å². The van der Waals surface area contributed by atoms with Crippen molar-refractivity contribution >= 4 is 39.4 Å². The number of hydrogen-bond donors (Lipinski definition) is 3. The van der Waals surface area contributed by atoms with Gasteiger partial charge >= 0.3 is 0 Å². The van der Waals surface area contributed by atoms with E-state index in [4.69, 9.17) is 17.0 Å². The lowest BCUT2D eigenvalue weighted by Gasteiger charge is -2.12. The van der Waals surface area contributed by atoms with Gasteiger partial charge in [0.2, 0.25) is 0 Å².